The number of hydrogen-bond acceptors (Lipinski definition) is 5. The predicted molar refractivity (Wildman–Crippen MR) is 92.3 cm³/mol. The maximum absolute atomic E-state index is 12.8. The molecule has 7 heteroatoms. The Kier molecular flexibility index (Phi) is 3.03. The van der Waals surface area contributed by atoms with Crippen molar-refractivity contribution in [3.63, 3.8) is 0 Å². The number of thiazole rings is 1. The van der Waals surface area contributed by atoms with Crippen molar-refractivity contribution < 1.29 is 14.3 Å². The van der Waals surface area contributed by atoms with Crippen molar-refractivity contribution in [1.29, 1.82) is 0 Å². The van der Waals surface area contributed by atoms with Crippen LogP contribution in [-0.4, -0.2) is 44.7 Å². The molecule has 0 radical (unpaired) electrons. The monoisotopic (exact) mass is 353 g/mol. The highest BCUT2D eigenvalue weighted by molar-refractivity contribution is 7.15. The van der Waals surface area contributed by atoms with E-state index in [2.05, 4.69) is 4.98 Å². The van der Waals surface area contributed by atoms with Crippen LogP contribution in [0.5, 0.6) is 5.75 Å². The van der Waals surface area contributed by atoms with Gasteiger partial charge in [0, 0.05) is 30.7 Å². The molecule has 2 aromatic heterocycles. The molecule has 1 aromatic carbocycles. The standard InChI is InChI=1S/C18H15N3O3S/c22-14-9-18(24-15-4-2-1-3-12(14)15)5-6-21(11-18)16(23)13-10-20-7-8-25-17(20)19-13/h1-4,7-8,10H,5-6,9,11H2/t18-/m1/s1. The Hall–Kier alpha value is -2.67. The number of Topliss-reactive ketones (excluding diaryl/α,β-unsaturated/α-hetero) is 1. The number of ketones is 1. The molecule has 1 spiro atoms. The van der Waals surface area contributed by atoms with Crippen LogP contribution in [0.4, 0.5) is 0 Å². The van der Waals surface area contributed by atoms with Crippen LogP contribution in [-0.2, 0) is 0 Å². The lowest BCUT2D eigenvalue weighted by atomic mass is 9.89. The summed E-state index contributed by atoms with van der Waals surface area (Å²) in [5, 5.41) is 1.93. The molecule has 1 amide bonds. The summed E-state index contributed by atoms with van der Waals surface area (Å²) in [4.78, 5) is 32.2. The third-order valence-corrected chi connectivity index (χ3v) is 5.68. The second-order valence-electron chi connectivity index (χ2n) is 6.58. The third-order valence-electron chi connectivity index (χ3n) is 4.91. The van der Waals surface area contributed by atoms with Gasteiger partial charge in [-0.3, -0.25) is 14.0 Å². The number of carbonyl (C=O) groups excluding carboxylic acids is 2. The van der Waals surface area contributed by atoms with Gasteiger partial charge in [0.25, 0.3) is 5.91 Å². The van der Waals surface area contributed by atoms with E-state index in [1.54, 1.807) is 17.2 Å². The highest BCUT2D eigenvalue weighted by Gasteiger charge is 2.47. The Morgan fingerprint density at radius 3 is 3.08 bits per heavy atom. The first-order valence-electron chi connectivity index (χ1n) is 8.16. The van der Waals surface area contributed by atoms with Crippen molar-refractivity contribution in [1.82, 2.24) is 14.3 Å². The van der Waals surface area contributed by atoms with Crippen LogP contribution >= 0.6 is 11.3 Å². The van der Waals surface area contributed by atoms with Crippen molar-refractivity contribution in [2.45, 2.75) is 18.4 Å². The molecular weight excluding hydrogens is 338 g/mol. The Morgan fingerprint density at radius 1 is 1.32 bits per heavy atom. The summed E-state index contributed by atoms with van der Waals surface area (Å²) in [6, 6.07) is 7.32. The zero-order valence-electron chi connectivity index (χ0n) is 13.3. The highest BCUT2D eigenvalue weighted by Crippen LogP contribution is 2.38. The van der Waals surface area contributed by atoms with Crippen molar-refractivity contribution in [2.24, 2.45) is 0 Å². The van der Waals surface area contributed by atoms with Gasteiger partial charge in [-0.25, -0.2) is 4.98 Å². The van der Waals surface area contributed by atoms with Gasteiger partial charge in [-0.05, 0) is 12.1 Å². The van der Waals surface area contributed by atoms with E-state index in [4.69, 9.17) is 4.74 Å². The number of imidazole rings is 1. The molecule has 2 aliphatic heterocycles. The molecule has 0 unspecified atom stereocenters. The summed E-state index contributed by atoms with van der Waals surface area (Å²) in [6.07, 6.45) is 4.60. The van der Waals surface area contributed by atoms with Crippen molar-refractivity contribution >= 4 is 28.0 Å². The molecule has 0 bridgehead atoms. The molecule has 6 nitrogen and oxygen atoms in total. The smallest absolute Gasteiger partial charge is 0.274 e. The molecule has 25 heavy (non-hydrogen) atoms. The fraction of sp³-hybridized carbons (Fsp3) is 0.278. The molecule has 0 aliphatic carbocycles. The van der Waals surface area contributed by atoms with Gasteiger partial charge in [0.05, 0.1) is 18.5 Å². The molecule has 0 N–H and O–H groups in total. The molecule has 0 saturated carbocycles. The summed E-state index contributed by atoms with van der Waals surface area (Å²) in [5.74, 6) is 0.594. The maximum atomic E-state index is 12.8. The molecule has 5 rings (SSSR count). The van der Waals surface area contributed by atoms with Gasteiger partial charge in [-0.15, -0.1) is 11.3 Å². The fourth-order valence-electron chi connectivity index (χ4n) is 3.68. The Labute approximate surface area is 147 Å². The van der Waals surface area contributed by atoms with Gasteiger partial charge in [-0.2, -0.15) is 0 Å². The van der Waals surface area contributed by atoms with E-state index in [1.165, 1.54) is 11.3 Å². The van der Waals surface area contributed by atoms with Crippen LogP contribution in [0.25, 0.3) is 4.96 Å². The summed E-state index contributed by atoms with van der Waals surface area (Å²) in [6.45, 7) is 0.983. The number of carbonyl (C=O) groups is 2. The third kappa shape index (κ3) is 2.26. The van der Waals surface area contributed by atoms with Crippen LogP contribution in [0.15, 0.2) is 42.0 Å². The molecule has 1 atom stereocenters. The van der Waals surface area contributed by atoms with Crippen LogP contribution in [0.1, 0.15) is 33.7 Å². The van der Waals surface area contributed by atoms with Gasteiger partial charge < -0.3 is 9.64 Å². The van der Waals surface area contributed by atoms with Crippen LogP contribution in [0.3, 0.4) is 0 Å². The maximum Gasteiger partial charge on any atom is 0.274 e. The number of hydrogen-bond donors (Lipinski definition) is 0. The lowest BCUT2D eigenvalue weighted by Gasteiger charge is -2.34. The molecule has 1 fully saturated rings. The lowest BCUT2D eigenvalue weighted by molar-refractivity contribution is 0.0427. The van der Waals surface area contributed by atoms with E-state index in [-0.39, 0.29) is 11.7 Å². The second-order valence-corrected chi connectivity index (χ2v) is 7.45. The van der Waals surface area contributed by atoms with Gasteiger partial charge in [0.1, 0.15) is 17.0 Å². The molecule has 1 saturated heterocycles. The van der Waals surface area contributed by atoms with E-state index in [1.807, 2.05) is 34.2 Å². The number of fused-ring (bicyclic) bond motifs is 2. The number of aromatic nitrogens is 2. The van der Waals surface area contributed by atoms with Crippen molar-refractivity contribution in [3.8, 4) is 5.75 Å². The van der Waals surface area contributed by atoms with Gasteiger partial charge in [-0.1, -0.05) is 12.1 Å². The Morgan fingerprint density at radius 2 is 2.20 bits per heavy atom. The topological polar surface area (TPSA) is 63.9 Å². The minimum Gasteiger partial charge on any atom is -0.484 e. The zero-order valence-corrected chi connectivity index (χ0v) is 14.2. The van der Waals surface area contributed by atoms with Crippen molar-refractivity contribution in [3.05, 3.63) is 53.3 Å². The van der Waals surface area contributed by atoms with Crippen LogP contribution < -0.4 is 4.74 Å². The number of nitrogens with zero attached hydrogens (tertiary/aromatic N) is 3. The average molecular weight is 353 g/mol. The first-order chi connectivity index (χ1) is 12.1. The van der Waals surface area contributed by atoms with E-state index in [0.717, 1.165) is 4.96 Å². The van der Waals surface area contributed by atoms with Crippen LogP contribution in [0, 0.1) is 0 Å². The quantitative estimate of drug-likeness (QED) is 0.675. The van der Waals surface area contributed by atoms with E-state index in [9.17, 15) is 9.59 Å². The Bertz CT molecular complexity index is 979. The minimum absolute atomic E-state index is 0.0821. The molecule has 4 heterocycles. The molecule has 2 aliphatic rings. The van der Waals surface area contributed by atoms with E-state index < -0.39 is 5.60 Å². The number of para-hydroxylation sites is 1. The molecule has 3 aromatic rings. The highest BCUT2D eigenvalue weighted by atomic mass is 32.1. The van der Waals surface area contributed by atoms with Gasteiger partial charge in [0.15, 0.2) is 10.7 Å². The normalized spacial score (nSPS) is 22.4. The fourth-order valence-corrected chi connectivity index (χ4v) is 4.38. The number of rotatable bonds is 1. The zero-order chi connectivity index (χ0) is 17.0. The second kappa shape index (κ2) is 5.16. The lowest BCUT2D eigenvalue weighted by Crippen LogP contribution is -2.45. The molecule has 126 valence electrons. The summed E-state index contributed by atoms with van der Waals surface area (Å²) in [5.41, 5.74) is 0.455. The number of likely N-dealkylation sites (tertiary alicyclic amines) is 1. The molecular formula is C18H15N3O3S. The number of benzene rings is 1. The minimum atomic E-state index is -0.613. The predicted octanol–water partition coefficient (Wildman–Crippen LogP) is 2.65. The number of amides is 1. The summed E-state index contributed by atoms with van der Waals surface area (Å²) in [7, 11) is 0. The van der Waals surface area contributed by atoms with Gasteiger partial charge in [0.2, 0.25) is 0 Å². The average Bonchev–Trinajstić information content (AvgIpc) is 3.29. The van der Waals surface area contributed by atoms with Gasteiger partial charge >= 0.3 is 0 Å². The first-order valence-corrected chi connectivity index (χ1v) is 9.04. The first kappa shape index (κ1) is 14.7. The Balaban J connectivity index is 1.40. The number of ether oxygens (including phenoxy) is 1. The SMILES string of the molecule is O=C1C[C@@]2(CCN(C(=O)c3cn4ccsc4n3)C2)Oc2ccccc21. The summed E-state index contributed by atoms with van der Waals surface area (Å²) < 4.78 is 8.02. The largest absolute Gasteiger partial charge is 0.484 e. The van der Waals surface area contributed by atoms with E-state index >= 15 is 0 Å². The van der Waals surface area contributed by atoms with Crippen LogP contribution in [0.2, 0.25) is 0 Å². The summed E-state index contributed by atoms with van der Waals surface area (Å²) >= 11 is 1.49. The van der Waals surface area contributed by atoms with Crippen molar-refractivity contribution in [2.75, 3.05) is 13.1 Å². The van der Waals surface area contributed by atoms with E-state index in [0.29, 0.717) is 42.9 Å².